The van der Waals surface area contributed by atoms with Gasteiger partial charge in [0.25, 0.3) is 0 Å². The number of hydrogen-bond donors (Lipinski definition) is 1. The molecule has 1 heterocycles. The van der Waals surface area contributed by atoms with Gasteiger partial charge in [0.15, 0.2) is 0 Å². The van der Waals surface area contributed by atoms with E-state index in [1.165, 1.54) is 12.1 Å². The maximum Gasteiger partial charge on any atom is 0.123 e. The molecular weight excluding hydrogens is 208 g/mol. The molecule has 0 radical (unpaired) electrons. The molecule has 1 nitrogen and oxygen atoms in total. The zero-order valence-corrected chi connectivity index (χ0v) is 9.31. The first kappa shape index (κ1) is 11.5. The highest BCUT2D eigenvalue weighted by molar-refractivity contribution is 5.16. The average molecular weight is 225 g/mol. The number of rotatable bonds is 3. The zero-order valence-electron chi connectivity index (χ0n) is 9.31. The summed E-state index contributed by atoms with van der Waals surface area (Å²) in [6.45, 7) is 1.53. The Labute approximate surface area is 94.9 Å². The Hall–Kier alpha value is -0.960. The van der Waals surface area contributed by atoms with Gasteiger partial charge in [0.1, 0.15) is 11.5 Å². The molecule has 1 aromatic rings. The molecule has 0 saturated carbocycles. The average Bonchev–Trinajstić information content (AvgIpc) is 2.29. The second-order valence-electron chi connectivity index (χ2n) is 4.53. The van der Waals surface area contributed by atoms with E-state index in [0.29, 0.717) is 25.7 Å². The summed E-state index contributed by atoms with van der Waals surface area (Å²) in [7, 11) is 0. The molecular formula is C13H17F2N. The Morgan fingerprint density at radius 1 is 1.12 bits per heavy atom. The molecule has 1 N–H and O–H groups in total. The Kier molecular flexibility index (Phi) is 3.54. The number of alkyl halides is 1. The van der Waals surface area contributed by atoms with Gasteiger partial charge in [-0.1, -0.05) is 12.1 Å². The number of benzene rings is 1. The molecule has 1 aliphatic heterocycles. The summed E-state index contributed by atoms with van der Waals surface area (Å²) < 4.78 is 26.9. The van der Waals surface area contributed by atoms with E-state index in [9.17, 15) is 8.78 Å². The van der Waals surface area contributed by atoms with E-state index < -0.39 is 5.67 Å². The molecule has 1 saturated heterocycles. The van der Waals surface area contributed by atoms with Crippen LogP contribution in [-0.4, -0.2) is 18.8 Å². The molecule has 0 aliphatic carbocycles. The molecule has 1 aliphatic rings. The highest BCUT2D eigenvalue weighted by Crippen LogP contribution is 2.28. The van der Waals surface area contributed by atoms with E-state index in [4.69, 9.17) is 0 Å². The van der Waals surface area contributed by atoms with Crippen molar-refractivity contribution in [1.82, 2.24) is 5.32 Å². The summed E-state index contributed by atoms with van der Waals surface area (Å²) in [6, 6.07) is 6.34. The highest BCUT2D eigenvalue weighted by atomic mass is 19.1. The maximum absolute atomic E-state index is 14.2. The summed E-state index contributed by atoms with van der Waals surface area (Å²) in [5, 5.41) is 3.16. The van der Waals surface area contributed by atoms with Gasteiger partial charge < -0.3 is 5.32 Å². The Morgan fingerprint density at radius 2 is 1.75 bits per heavy atom. The standard InChI is InChI=1S/C13H17F2N/c14-12-3-1-11(2-4-12)5-6-13(15)7-9-16-10-8-13/h1-4,16H,5-10H2. The minimum atomic E-state index is -1.03. The van der Waals surface area contributed by atoms with Crippen LogP contribution in [0.25, 0.3) is 0 Å². The fourth-order valence-corrected chi connectivity index (χ4v) is 2.14. The number of piperidine rings is 1. The topological polar surface area (TPSA) is 12.0 Å². The summed E-state index contributed by atoms with van der Waals surface area (Å²) in [5.41, 5.74) is -0.0171. The summed E-state index contributed by atoms with van der Waals surface area (Å²) in [4.78, 5) is 0. The van der Waals surface area contributed by atoms with Gasteiger partial charge in [0.2, 0.25) is 0 Å². The van der Waals surface area contributed by atoms with Crippen LogP contribution in [0.3, 0.4) is 0 Å². The Morgan fingerprint density at radius 3 is 2.38 bits per heavy atom. The van der Waals surface area contributed by atoms with Crippen LogP contribution in [0.1, 0.15) is 24.8 Å². The molecule has 16 heavy (non-hydrogen) atoms. The third-order valence-corrected chi connectivity index (χ3v) is 3.27. The lowest BCUT2D eigenvalue weighted by Gasteiger charge is -2.30. The minimum absolute atomic E-state index is 0.236. The minimum Gasteiger partial charge on any atom is -0.316 e. The molecule has 3 heteroatoms. The molecule has 1 fully saturated rings. The molecule has 0 aromatic heterocycles. The molecule has 1 aromatic carbocycles. The summed E-state index contributed by atoms with van der Waals surface area (Å²) >= 11 is 0. The van der Waals surface area contributed by atoms with Crippen LogP contribution in [0, 0.1) is 5.82 Å². The van der Waals surface area contributed by atoms with Crippen LogP contribution in [0.4, 0.5) is 8.78 Å². The van der Waals surface area contributed by atoms with E-state index >= 15 is 0 Å². The molecule has 0 spiro atoms. The van der Waals surface area contributed by atoms with E-state index in [-0.39, 0.29) is 5.82 Å². The molecule has 0 atom stereocenters. The quantitative estimate of drug-likeness (QED) is 0.834. The number of aryl methyl sites for hydroxylation is 1. The van der Waals surface area contributed by atoms with Crippen LogP contribution in [0.15, 0.2) is 24.3 Å². The molecule has 0 unspecified atom stereocenters. The highest BCUT2D eigenvalue weighted by Gasteiger charge is 2.30. The fourth-order valence-electron chi connectivity index (χ4n) is 2.14. The lowest BCUT2D eigenvalue weighted by Crippen LogP contribution is -2.38. The van der Waals surface area contributed by atoms with Crippen molar-refractivity contribution in [3.8, 4) is 0 Å². The van der Waals surface area contributed by atoms with Crippen molar-refractivity contribution >= 4 is 0 Å². The zero-order chi connectivity index (χ0) is 11.4. The SMILES string of the molecule is Fc1ccc(CCC2(F)CCNCC2)cc1. The van der Waals surface area contributed by atoms with E-state index in [2.05, 4.69) is 5.32 Å². The van der Waals surface area contributed by atoms with Crippen LogP contribution >= 0.6 is 0 Å². The molecule has 2 rings (SSSR count). The van der Waals surface area contributed by atoms with Gasteiger partial charge in [-0.25, -0.2) is 8.78 Å². The Balaban J connectivity index is 1.88. The van der Waals surface area contributed by atoms with Crippen molar-refractivity contribution in [3.05, 3.63) is 35.6 Å². The van der Waals surface area contributed by atoms with E-state index in [1.54, 1.807) is 12.1 Å². The van der Waals surface area contributed by atoms with Gasteiger partial charge in [-0.05, 0) is 56.5 Å². The smallest absolute Gasteiger partial charge is 0.123 e. The maximum atomic E-state index is 14.2. The Bertz CT molecular complexity index is 328. The van der Waals surface area contributed by atoms with Crippen LogP contribution in [0.2, 0.25) is 0 Å². The largest absolute Gasteiger partial charge is 0.316 e. The summed E-state index contributed by atoms with van der Waals surface area (Å²) in [6.07, 6.45) is 2.42. The second kappa shape index (κ2) is 4.91. The first-order valence-electron chi connectivity index (χ1n) is 5.82. The van der Waals surface area contributed by atoms with Crippen molar-refractivity contribution in [2.24, 2.45) is 0 Å². The van der Waals surface area contributed by atoms with Gasteiger partial charge in [0, 0.05) is 0 Å². The van der Waals surface area contributed by atoms with Crippen molar-refractivity contribution in [1.29, 1.82) is 0 Å². The third kappa shape index (κ3) is 3.01. The van der Waals surface area contributed by atoms with Gasteiger partial charge >= 0.3 is 0 Å². The first-order chi connectivity index (χ1) is 7.68. The van der Waals surface area contributed by atoms with Crippen molar-refractivity contribution < 1.29 is 8.78 Å². The van der Waals surface area contributed by atoms with E-state index in [0.717, 1.165) is 18.7 Å². The van der Waals surface area contributed by atoms with Crippen molar-refractivity contribution in [3.63, 3.8) is 0 Å². The van der Waals surface area contributed by atoms with Crippen LogP contribution in [0.5, 0.6) is 0 Å². The fraction of sp³-hybridized carbons (Fsp3) is 0.538. The van der Waals surface area contributed by atoms with Gasteiger partial charge in [-0.2, -0.15) is 0 Å². The predicted molar refractivity (Wildman–Crippen MR) is 60.7 cm³/mol. The van der Waals surface area contributed by atoms with E-state index in [1.807, 2.05) is 0 Å². The van der Waals surface area contributed by atoms with Crippen molar-refractivity contribution in [2.75, 3.05) is 13.1 Å². The number of halogens is 2. The summed E-state index contributed by atoms with van der Waals surface area (Å²) in [5.74, 6) is -0.236. The molecule has 0 bridgehead atoms. The molecule has 0 amide bonds. The third-order valence-electron chi connectivity index (χ3n) is 3.27. The first-order valence-corrected chi connectivity index (χ1v) is 5.82. The predicted octanol–water partition coefficient (Wildman–Crippen LogP) is 2.85. The van der Waals surface area contributed by atoms with Gasteiger partial charge in [-0.3, -0.25) is 0 Å². The van der Waals surface area contributed by atoms with Crippen LogP contribution < -0.4 is 5.32 Å². The lowest BCUT2D eigenvalue weighted by atomic mass is 9.88. The lowest BCUT2D eigenvalue weighted by molar-refractivity contribution is 0.105. The second-order valence-corrected chi connectivity index (χ2v) is 4.53. The molecule has 88 valence electrons. The van der Waals surface area contributed by atoms with Gasteiger partial charge in [0.05, 0.1) is 0 Å². The van der Waals surface area contributed by atoms with Crippen molar-refractivity contribution in [2.45, 2.75) is 31.4 Å². The number of nitrogens with one attached hydrogen (secondary N) is 1. The van der Waals surface area contributed by atoms with Crippen LogP contribution in [-0.2, 0) is 6.42 Å². The monoisotopic (exact) mass is 225 g/mol. The number of hydrogen-bond acceptors (Lipinski definition) is 1. The normalized spacial score (nSPS) is 19.6. The van der Waals surface area contributed by atoms with Gasteiger partial charge in [-0.15, -0.1) is 0 Å².